The van der Waals surface area contributed by atoms with E-state index in [0.29, 0.717) is 73.4 Å². The van der Waals surface area contributed by atoms with Crippen LogP contribution < -0.4 is 0 Å². The fraction of sp³-hybridized carbons (Fsp3) is 0.840. The topological polar surface area (TPSA) is 331 Å². The Morgan fingerprint density at radius 2 is 0.961 bits per heavy atom. The predicted octanol–water partition coefficient (Wildman–Crippen LogP) is 5.26. The first-order valence-electron chi connectivity index (χ1n) is 27.9. The lowest BCUT2D eigenvalue weighted by Gasteiger charge is -2.21. The molecular formula is C50H86N16O10. The minimum absolute atomic E-state index is 0.0737. The lowest BCUT2D eigenvalue weighted by molar-refractivity contribution is -0.143. The highest BCUT2D eigenvalue weighted by Crippen LogP contribution is 2.27. The summed E-state index contributed by atoms with van der Waals surface area (Å²) in [7, 11) is 0. The molecule has 426 valence electrons. The van der Waals surface area contributed by atoms with Gasteiger partial charge in [0, 0.05) is 32.9 Å². The fourth-order valence-electron chi connectivity index (χ4n) is 9.53. The number of ether oxygens (including phenoxy) is 4. The number of aliphatic carboxylic acids is 1. The Morgan fingerprint density at radius 3 is 1.36 bits per heavy atom. The van der Waals surface area contributed by atoms with Crippen molar-refractivity contribution in [3.8, 4) is 0 Å². The highest BCUT2D eigenvalue weighted by Gasteiger charge is 2.21. The number of tetrazole rings is 4. The summed E-state index contributed by atoms with van der Waals surface area (Å²) in [5.74, 6) is 2.62. The van der Waals surface area contributed by atoms with E-state index in [1.165, 1.54) is 141 Å². The smallest absolute Gasteiger partial charge is 0.313 e. The zero-order valence-electron chi connectivity index (χ0n) is 45.4. The molecule has 26 heteroatoms. The van der Waals surface area contributed by atoms with Gasteiger partial charge < -0.3 is 29.2 Å². The molecule has 76 heavy (non-hydrogen) atoms. The van der Waals surface area contributed by atoms with Gasteiger partial charge in [-0.1, -0.05) is 82.3 Å². The molecule has 5 heterocycles. The number of esters is 3. The minimum atomic E-state index is -0.889. The highest BCUT2D eigenvalue weighted by molar-refractivity contribution is 5.72. The summed E-state index contributed by atoms with van der Waals surface area (Å²) in [4.78, 5) is 45.7. The molecule has 4 saturated carbocycles. The number of aliphatic hydroxyl groups is 1. The number of hydrogen-bond acceptors (Lipinski definition) is 21. The summed E-state index contributed by atoms with van der Waals surface area (Å²) in [5.41, 5.74) is 0. The Balaban J connectivity index is 0.000000205. The van der Waals surface area contributed by atoms with Crippen LogP contribution in [0.4, 0.5) is 0 Å². The average molecular weight is 1070 g/mol. The van der Waals surface area contributed by atoms with Crippen molar-refractivity contribution in [2.75, 3.05) is 39.6 Å². The van der Waals surface area contributed by atoms with Gasteiger partial charge in [-0.2, -0.15) is 10.0 Å². The zero-order valence-corrected chi connectivity index (χ0v) is 45.4. The van der Waals surface area contributed by atoms with Crippen LogP contribution in [0.5, 0.6) is 0 Å². The average Bonchev–Trinajstić information content (AvgIpc) is 4.32. The molecule has 1 saturated heterocycles. The largest absolute Gasteiger partial charge is 0.481 e. The van der Waals surface area contributed by atoms with Gasteiger partial charge in [0.1, 0.15) is 25.7 Å². The van der Waals surface area contributed by atoms with Gasteiger partial charge in [0.2, 0.25) is 0 Å². The number of hydrogen-bond donors (Lipinski definition) is 3. The number of carbonyl (C=O) groups is 4. The van der Waals surface area contributed by atoms with Gasteiger partial charge in [0.25, 0.3) is 0 Å². The standard InChI is InChI=1S/2C12H20N4O2.C10H16N4O2.C7H14O.C5H8N4O2.C4H8O/c1-2-18-12(17)8-11-13-14-15-16(11)9-10-6-4-3-5-7-10;1-2-18-12(17)8-11-13-15-16(14-11)9-10-6-4-3-5-7-10;15-10(16)6-9-11-12-13-14(9)7-8-4-2-1-3-5-8;8-6-7-4-2-1-3-5-7;1-2-11-5(10)3-4-6-8-9-7-4;1-2-4-5-3-1/h2*10H,2-9H2,1H3;8H,1-7H2,(H,15,16);7-8H,1-6H2;2-3H2,1H3,(H,6,7,8,9);1-4H2. The van der Waals surface area contributed by atoms with Crippen LogP contribution in [0, 0.1) is 23.7 Å². The zero-order chi connectivity index (χ0) is 54.4. The number of carbonyl (C=O) groups excluding carboxylic acids is 3. The van der Waals surface area contributed by atoms with Gasteiger partial charge >= 0.3 is 23.9 Å². The molecule has 0 aromatic carbocycles. The van der Waals surface area contributed by atoms with Crippen molar-refractivity contribution < 1.29 is 48.3 Å². The predicted molar refractivity (Wildman–Crippen MR) is 273 cm³/mol. The summed E-state index contributed by atoms with van der Waals surface area (Å²) >= 11 is 0. The van der Waals surface area contributed by atoms with E-state index < -0.39 is 5.97 Å². The Labute approximate surface area is 446 Å². The number of nitrogens with zero attached hydrogens (tertiary/aromatic N) is 15. The quantitative estimate of drug-likeness (QED) is 0.0845. The van der Waals surface area contributed by atoms with Crippen molar-refractivity contribution in [1.29, 1.82) is 0 Å². The first kappa shape index (κ1) is 62.6. The van der Waals surface area contributed by atoms with Gasteiger partial charge in [-0.05, 0) is 135 Å². The number of nitrogens with one attached hydrogen (secondary N) is 1. The third-order valence-electron chi connectivity index (χ3n) is 13.5. The first-order chi connectivity index (χ1) is 37.1. The van der Waals surface area contributed by atoms with Gasteiger partial charge in [0.15, 0.2) is 23.3 Å². The SMILES string of the molecule is C1CCOC1.CCOC(=O)Cc1nn[nH]n1.CCOC(=O)Cc1nnn(CC2CCCCC2)n1.CCOC(=O)Cc1nnnn1CC1CCCCC1.O=C(O)Cc1nnnn1CC1CCCCC1.OCC1CCCCC1. The molecule has 5 fully saturated rings. The van der Waals surface area contributed by atoms with Crippen molar-refractivity contribution in [2.45, 2.75) is 207 Å². The maximum atomic E-state index is 11.4. The molecule has 0 spiro atoms. The Kier molecular flexibility index (Phi) is 31.8. The van der Waals surface area contributed by atoms with Crippen molar-refractivity contribution in [1.82, 2.24) is 81.2 Å². The van der Waals surface area contributed by atoms with Crippen LogP contribution in [0.3, 0.4) is 0 Å². The molecule has 4 aromatic rings. The third kappa shape index (κ3) is 27.2. The summed E-state index contributed by atoms with van der Waals surface area (Å²) in [5, 5.41) is 64.9. The second-order valence-electron chi connectivity index (χ2n) is 19.7. The van der Waals surface area contributed by atoms with Gasteiger partial charge in [-0.3, -0.25) is 19.2 Å². The molecule has 0 radical (unpaired) electrons. The number of H-pyrrole nitrogens is 1. The molecule has 5 aliphatic rings. The van der Waals surface area contributed by atoms with Gasteiger partial charge in [-0.15, -0.1) is 30.6 Å². The van der Waals surface area contributed by atoms with Crippen LogP contribution >= 0.6 is 0 Å². The second kappa shape index (κ2) is 38.6. The second-order valence-corrected chi connectivity index (χ2v) is 19.7. The Morgan fingerprint density at radius 1 is 0.526 bits per heavy atom. The van der Waals surface area contributed by atoms with Crippen LogP contribution in [0.15, 0.2) is 0 Å². The lowest BCUT2D eigenvalue weighted by atomic mass is 9.89. The third-order valence-corrected chi connectivity index (χ3v) is 13.5. The molecule has 0 unspecified atom stereocenters. The molecule has 0 amide bonds. The van der Waals surface area contributed by atoms with E-state index in [9.17, 15) is 19.2 Å². The van der Waals surface area contributed by atoms with Crippen LogP contribution in [-0.2, 0) is 83.4 Å². The van der Waals surface area contributed by atoms with Crippen molar-refractivity contribution in [2.24, 2.45) is 23.7 Å². The highest BCUT2D eigenvalue weighted by atomic mass is 16.5. The molecule has 0 atom stereocenters. The van der Waals surface area contributed by atoms with Crippen LogP contribution in [-0.4, -0.2) is 155 Å². The molecule has 4 aromatic heterocycles. The molecular weight excluding hydrogens is 985 g/mol. The van der Waals surface area contributed by atoms with E-state index in [0.717, 1.165) is 32.8 Å². The van der Waals surface area contributed by atoms with Crippen LogP contribution in [0.1, 0.15) is 185 Å². The normalized spacial score (nSPS) is 17.1. The summed E-state index contributed by atoms with van der Waals surface area (Å²) in [6, 6.07) is 0. The molecule has 9 rings (SSSR count). The van der Waals surface area contributed by atoms with Crippen LogP contribution in [0.2, 0.25) is 0 Å². The molecule has 26 nitrogen and oxygen atoms in total. The fourth-order valence-corrected chi connectivity index (χ4v) is 9.53. The van der Waals surface area contributed by atoms with E-state index in [4.69, 9.17) is 24.4 Å². The number of aromatic nitrogens is 16. The first-order valence-corrected chi connectivity index (χ1v) is 27.9. The van der Waals surface area contributed by atoms with E-state index in [1.807, 2.05) is 0 Å². The molecule has 1 aliphatic heterocycles. The summed E-state index contributed by atoms with van der Waals surface area (Å²) < 4.78 is 22.8. The number of rotatable bonds is 18. The number of aromatic amines is 1. The number of aliphatic hydroxyl groups excluding tert-OH is 1. The van der Waals surface area contributed by atoms with Crippen molar-refractivity contribution >= 4 is 23.9 Å². The van der Waals surface area contributed by atoms with Gasteiger partial charge in [0.05, 0.1) is 26.4 Å². The lowest BCUT2D eigenvalue weighted by Crippen LogP contribution is -2.19. The Hall–Kier alpha value is -5.92. The van der Waals surface area contributed by atoms with Crippen molar-refractivity contribution in [3.05, 3.63) is 23.3 Å². The number of carboxylic acid groups (broad SMARTS) is 1. The molecule has 4 aliphatic carbocycles. The van der Waals surface area contributed by atoms with Gasteiger partial charge in [-0.25, -0.2) is 9.36 Å². The number of carboxylic acids is 1. The van der Waals surface area contributed by atoms with Crippen molar-refractivity contribution in [3.63, 3.8) is 0 Å². The van der Waals surface area contributed by atoms with E-state index in [2.05, 4.69) is 71.8 Å². The summed E-state index contributed by atoms with van der Waals surface area (Å²) in [6.45, 7) is 11.3. The van der Waals surface area contributed by atoms with E-state index >= 15 is 0 Å². The Bertz CT molecular complexity index is 2120. The maximum Gasteiger partial charge on any atom is 0.313 e. The summed E-state index contributed by atoms with van der Waals surface area (Å²) in [6.07, 6.45) is 28.5. The van der Waals surface area contributed by atoms with Crippen LogP contribution in [0.25, 0.3) is 0 Å². The monoisotopic (exact) mass is 1070 g/mol. The molecule has 0 bridgehead atoms. The molecule has 3 N–H and O–H groups in total. The minimum Gasteiger partial charge on any atom is -0.481 e. The van der Waals surface area contributed by atoms with E-state index in [1.54, 1.807) is 34.9 Å². The van der Waals surface area contributed by atoms with E-state index in [-0.39, 0.29) is 43.6 Å². The maximum absolute atomic E-state index is 11.4.